The van der Waals surface area contributed by atoms with Crippen LogP contribution in [0.5, 0.6) is 0 Å². The van der Waals surface area contributed by atoms with E-state index in [0.717, 1.165) is 13.1 Å². The summed E-state index contributed by atoms with van der Waals surface area (Å²) in [5.41, 5.74) is 7.23. The molecule has 16 heavy (non-hydrogen) atoms. The zero-order valence-corrected chi connectivity index (χ0v) is 10.2. The van der Waals surface area contributed by atoms with Gasteiger partial charge in [-0.05, 0) is 51.8 Å². The minimum absolute atomic E-state index is 0.339. The summed E-state index contributed by atoms with van der Waals surface area (Å²) in [5, 5.41) is 0. The number of likely N-dealkylation sites (tertiary alicyclic amines) is 1. The molecule has 3 heteroatoms. The van der Waals surface area contributed by atoms with E-state index in [0.29, 0.717) is 18.0 Å². The molecule has 0 radical (unpaired) electrons. The smallest absolute Gasteiger partial charge is 0.0950 e. The summed E-state index contributed by atoms with van der Waals surface area (Å²) in [6, 6.07) is 2.86. The van der Waals surface area contributed by atoms with E-state index in [1.807, 2.05) is 6.26 Å². The second-order valence-electron chi connectivity index (χ2n) is 4.97. The van der Waals surface area contributed by atoms with Crippen LogP contribution in [0.1, 0.15) is 38.3 Å². The summed E-state index contributed by atoms with van der Waals surface area (Å²) >= 11 is 0. The molecule has 0 aromatic carbocycles. The van der Waals surface area contributed by atoms with E-state index in [2.05, 4.69) is 24.8 Å². The molecule has 1 fully saturated rings. The van der Waals surface area contributed by atoms with Crippen LogP contribution in [0.4, 0.5) is 0 Å². The van der Waals surface area contributed by atoms with Crippen LogP contribution in [0, 0.1) is 5.92 Å². The molecule has 1 aromatic rings. The minimum atomic E-state index is 0.339. The molecule has 2 unspecified atom stereocenters. The molecule has 90 valence electrons. The standard InChI is InChI=1S/C13H22N2O/c1-10(14)12-3-6-15(7-4-12)11(2)13-5-8-16-9-13/h5,8-12H,3-4,6-7,14H2,1-2H3. The van der Waals surface area contributed by atoms with Crippen LogP contribution in [0.2, 0.25) is 0 Å². The Balaban J connectivity index is 1.89. The number of nitrogens with two attached hydrogens (primary N) is 1. The Kier molecular flexibility index (Phi) is 3.66. The van der Waals surface area contributed by atoms with Crippen molar-refractivity contribution in [1.82, 2.24) is 4.90 Å². The molecule has 0 aliphatic carbocycles. The largest absolute Gasteiger partial charge is 0.472 e. The Bertz CT molecular complexity index is 300. The fourth-order valence-electron chi connectivity index (χ4n) is 2.56. The first-order valence-electron chi connectivity index (χ1n) is 6.20. The third kappa shape index (κ3) is 2.47. The van der Waals surface area contributed by atoms with Gasteiger partial charge in [0, 0.05) is 17.6 Å². The van der Waals surface area contributed by atoms with Crippen molar-refractivity contribution in [3.05, 3.63) is 24.2 Å². The van der Waals surface area contributed by atoms with Gasteiger partial charge in [-0.2, -0.15) is 0 Å². The highest BCUT2D eigenvalue weighted by molar-refractivity contribution is 5.10. The molecule has 0 saturated carbocycles. The number of furan rings is 1. The van der Waals surface area contributed by atoms with E-state index < -0.39 is 0 Å². The van der Waals surface area contributed by atoms with Gasteiger partial charge in [-0.1, -0.05) is 0 Å². The lowest BCUT2D eigenvalue weighted by molar-refractivity contribution is 0.132. The van der Waals surface area contributed by atoms with Crippen LogP contribution < -0.4 is 5.73 Å². The van der Waals surface area contributed by atoms with E-state index in [4.69, 9.17) is 10.2 Å². The Morgan fingerprint density at radius 1 is 1.38 bits per heavy atom. The molecule has 0 amide bonds. The Morgan fingerprint density at radius 3 is 2.56 bits per heavy atom. The molecule has 0 spiro atoms. The van der Waals surface area contributed by atoms with Crippen molar-refractivity contribution >= 4 is 0 Å². The molecular formula is C13H22N2O. The molecule has 1 aromatic heterocycles. The van der Waals surface area contributed by atoms with Gasteiger partial charge in [0.25, 0.3) is 0 Å². The lowest BCUT2D eigenvalue weighted by atomic mass is 9.90. The van der Waals surface area contributed by atoms with Crippen molar-refractivity contribution < 1.29 is 4.42 Å². The summed E-state index contributed by atoms with van der Waals surface area (Å²) in [6.45, 7) is 6.67. The third-order valence-electron chi connectivity index (χ3n) is 3.89. The molecule has 1 aliphatic heterocycles. The molecule has 2 atom stereocenters. The minimum Gasteiger partial charge on any atom is -0.472 e. The van der Waals surface area contributed by atoms with Crippen molar-refractivity contribution in [2.45, 2.75) is 38.8 Å². The fraction of sp³-hybridized carbons (Fsp3) is 0.692. The average molecular weight is 222 g/mol. The maximum absolute atomic E-state index is 5.95. The molecule has 2 rings (SSSR count). The third-order valence-corrected chi connectivity index (χ3v) is 3.89. The Morgan fingerprint density at radius 2 is 2.06 bits per heavy atom. The summed E-state index contributed by atoms with van der Waals surface area (Å²) in [6.07, 6.45) is 6.04. The Hall–Kier alpha value is -0.800. The molecule has 2 heterocycles. The van der Waals surface area contributed by atoms with Crippen LogP contribution in [0.15, 0.2) is 23.0 Å². The number of piperidine rings is 1. The maximum Gasteiger partial charge on any atom is 0.0950 e. The molecule has 3 nitrogen and oxygen atoms in total. The molecular weight excluding hydrogens is 200 g/mol. The second kappa shape index (κ2) is 5.02. The van der Waals surface area contributed by atoms with Crippen molar-refractivity contribution in [1.29, 1.82) is 0 Å². The zero-order chi connectivity index (χ0) is 11.5. The molecule has 0 bridgehead atoms. The fourth-order valence-corrected chi connectivity index (χ4v) is 2.56. The number of nitrogens with zero attached hydrogens (tertiary/aromatic N) is 1. The lowest BCUT2D eigenvalue weighted by Crippen LogP contribution is -2.40. The maximum atomic E-state index is 5.95. The highest BCUT2D eigenvalue weighted by Gasteiger charge is 2.25. The van der Waals surface area contributed by atoms with Crippen molar-refractivity contribution in [2.75, 3.05) is 13.1 Å². The van der Waals surface area contributed by atoms with Crippen molar-refractivity contribution in [3.8, 4) is 0 Å². The SMILES string of the molecule is CC(N)C1CCN(C(C)c2ccoc2)CC1. The summed E-state index contributed by atoms with van der Waals surface area (Å²) < 4.78 is 5.14. The van der Waals surface area contributed by atoms with E-state index >= 15 is 0 Å². The Labute approximate surface area is 97.6 Å². The van der Waals surface area contributed by atoms with Crippen LogP contribution in [0.25, 0.3) is 0 Å². The summed E-state index contributed by atoms with van der Waals surface area (Å²) in [5.74, 6) is 0.702. The predicted molar refractivity (Wildman–Crippen MR) is 65.1 cm³/mol. The summed E-state index contributed by atoms with van der Waals surface area (Å²) in [7, 11) is 0. The lowest BCUT2D eigenvalue weighted by Gasteiger charge is -2.37. The molecule has 2 N–H and O–H groups in total. The van der Waals surface area contributed by atoms with Crippen LogP contribution in [0.3, 0.4) is 0 Å². The first-order valence-corrected chi connectivity index (χ1v) is 6.20. The number of hydrogen-bond acceptors (Lipinski definition) is 3. The van der Waals surface area contributed by atoms with Gasteiger partial charge in [0.1, 0.15) is 0 Å². The highest BCUT2D eigenvalue weighted by atomic mass is 16.3. The number of rotatable bonds is 3. The first-order chi connectivity index (χ1) is 7.68. The van der Waals surface area contributed by atoms with Crippen molar-refractivity contribution in [2.24, 2.45) is 11.7 Å². The van der Waals surface area contributed by atoms with Gasteiger partial charge in [0.05, 0.1) is 12.5 Å². The number of hydrogen-bond donors (Lipinski definition) is 1. The average Bonchev–Trinajstić information content (AvgIpc) is 2.81. The topological polar surface area (TPSA) is 42.4 Å². The first kappa shape index (κ1) is 11.7. The zero-order valence-electron chi connectivity index (χ0n) is 10.2. The molecule has 1 saturated heterocycles. The van der Waals surface area contributed by atoms with Gasteiger partial charge >= 0.3 is 0 Å². The van der Waals surface area contributed by atoms with Gasteiger partial charge in [-0.25, -0.2) is 0 Å². The monoisotopic (exact) mass is 222 g/mol. The van der Waals surface area contributed by atoms with Gasteiger partial charge < -0.3 is 10.2 Å². The van der Waals surface area contributed by atoms with E-state index in [9.17, 15) is 0 Å². The molecule has 1 aliphatic rings. The van der Waals surface area contributed by atoms with E-state index in [-0.39, 0.29) is 0 Å². The van der Waals surface area contributed by atoms with Crippen molar-refractivity contribution in [3.63, 3.8) is 0 Å². The van der Waals surface area contributed by atoms with Crippen LogP contribution in [-0.2, 0) is 0 Å². The normalized spacial score (nSPS) is 23.2. The van der Waals surface area contributed by atoms with Gasteiger partial charge in [0.2, 0.25) is 0 Å². The van der Waals surface area contributed by atoms with Gasteiger partial charge in [-0.15, -0.1) is 0 Å². The second-order valence-corrected chi connectivity index (χ2v) is 4.97. The van der Waals surface area contributed by atoms with E-state index in [1.165, 1.54) is 18.4 Å². The van der Waals surface area contributed by atoms with Gasteiger partial charge in [-0.3, -0.25) is 4.90 Å². The predicted octanol–water partition coefficient (Wildman–Crippen LogP) is 2.40. The van der Waals surface area contributed by atoms with Crippen LogP contribution in [-0.4, -0.2) is 24.0 Å². The van der Waals surface area contributed by atoms with E-state index in [1.54, 1.807) is 6.26 Å². The quantitative estimate of drug-likeness (QED) is 0.854. The van der Waals surface area contributed by atoms with Gasteiger partial charge in [0.15, 0.2) is 0 Å². The van der Waals surface area contributed by atoms with Crippen LogP contribution >= 0.6 is 0 Å². The summed E-state index contributed by atoms with van der Waals surface area (Å²) in [4.78, 5) is 2.52. The highest BCUT2D eigenvalue weighted by Crippen LogP contribution is 2.27.